The topological polar surface area (TPSA) is 76.7 Å². The van der Waals surface area contributed by atoms with Crippen LogP contribution in [0.5, 0.6) is 0 Å². The van der Waals surface area contributed by atoms with Crippen molar-refractivity contribution >= 4 is 11.7 Å². The van der Waals surface area contributed by atoms with Crippen LogP contribution in [-0.4, -0.2) is 37.9 Å². The van der Waals surface area contributed by atoms with Crippen molar-refractivity contribution in [3.8, 4) is 0 Å². The molecule has 0 aromatic carbocycles. The SMILES string of the molecule is CCOC(=O)/C(N)=C1\CCCC1=NCCC1CCNCC1. The van der Waals surface area contributed by atoms with Gasteiger partial charge in [-0.15, -0.1) is 0 Å². The molecule has 21 heavy (non-hydrogen) atoms. The number of carbonyl (C=O) groups excluding carboxylic acids is 1. The lowest BCUT2D eigenvalue weighted by molar-refractivity contribution is -0.138. The summed E-state index contributed by atoms with van der Waals surface area (Å²) in [6.45, 7) is 5.25. The zero-order valence-corrected chi connectivity index (χ0v) is 13.0. The molecule has 0 radical (unpaired) electrons. The maximum absolute atomic E-state index is 11.7. The number of esters is 1. The maximum Gasteiger partial charge on any atom is 0.354 e. The summed E-state index contributed by atoms with van der Waals surface area (Å²) in [4.78, 5) is 16.4. The Bertz CT molecular complexity index is 423. The van der Waals surface area contributed by atoms with Gasteiger partial charge < -0.3 is 15.8 Å². The molecule has 5 nitrogen and oxygen atoms in total. The van der Waals surface area contributed by atoms with Crippen molar-refractivity contribution < 1.29 is 9.53 Å². The molecule has 0 bridgehead atoms. The molecule has 1 aliphatic carbocycles. The van der Waals surface area contributed by atoms with Crippen molar-refractivity contribution in [1.29, 1.82) is 0 Å². The van der Waals surface area contributed by atoms with Gasteiger partial charge in [0.1, 0.15) is 5.70 Å². The average molecular weight is 293 g/mol. The van der Waals surface area contributed by atoms with E-state index in [1.54, 1.807) is 6.92 Å². The van der Waals surface area contributed by atoms with E-state index in [1.807, 2.05) is 0 Å². The lowest BCUT2D eigenvalue weighted by atomic mass is 9.95. The van der Waals surface area contributed by atoms with Crippen molar-refractivity contribution in [2.24, 2.45) is 16.6 Å². The molecule has 2 rings (SSSR count). The molecule has 0 amide bonds. The zero-order valence-electron chi connectivity index (χ0n) is 13.0. The first-order chi connectivity index (χ1) is 10.2. The molecule has 5 heteroatoms. The Morgan fingerprint density at radius 3 is 2.86 bits per heavy atom. The van der Waals surface area contributed by atoms with Crippen LogP contribution in [0.15, 0.2) is 16.3 Å². The van der Waals surface area contributed by atoms with Crippen molar-refractivity contribution in [2.75, 3.05) is 26.2 Å². The van der Waals surface area contributed by atoms with Gasteiger partial charge in [-0.2, -0.15) is 0 Å². The summed E-state index contributed by atoms with van der Waals surface area (Å²) in [5.41, 5.74) is 8.13. The maximum atomic E-state index is 11.7. The Kier molecular flexibility index (Phi) is 6.23. The van der Waals surface area contributed by atoms with E-state index in [-0.39, 0.29) is 5.70 Å². The number of rotatable bonds is 5. The van der Waals surface area contributed by atoms with Crippen LogP contribution >= 0.6 is 0 Å². The van der Waals surface area contributed by atoms with Crippen molar-refractivity contribution in [3.63, 3.8) is 0 Å². The molecular formula is C16H27N3O2. The minimum atomic E-state index is -0.402. The number of ether oxygens (including phenoxy) is 1. The number of nitrogens with zero attached hydrogens (tertiary/aromatic N) is 1. The van der Waals surface area contributed by atoms with E-state index in [2.05, 4.69) is 5.32 Å². The zero-order chi connectivity index (χ0) is 15.1. The van der Waals surface area contributed by atoms with E-state index < -0.39 is 5.97 Å². The molecule has 0 aromatic rings. The summed E-state index contributed by atoms with van der Waals surface area (Å²) >= 11 is 0. The molecule has 118 valence electrons. The highest BCUT2D eigenvalue weighted by atomic mass is 16.5. The van der Waals surface area contributed by atoms with Crippen LogP contribution in [0.4, 0.5) is 0 Å². The highest BCUT2D eigenvalue weighted by Gasteiger charge is 2.22. The van der Waals surface area contributed by atoms with Gasteiger partial charge >= 0.3 is 5.97 Å². The fraction of sp³-hybridized carbons (Fsp3) is 0.750. The highest BCUT2D eigenvalue weighted by molar-refractivity contribution is 6.07. The second-order valence-electron chi connectivity index (χ2n) is 5.78. The van der Waals surface area contributed by atoms with Gasteiger partial charge in [-0.3, -0.25) is 4.99 Å². The monoisotopic (exact) mass is 293 g/mol. The van der Waals surface area contributed by atoms with Crippen LogP contribution in [0.1, 0.15) is 45.4 Å². The number of aliphatic imine (C=N–C) groups is 1. The van der Waals surface area contributed by atoms with Gasteiger partial charge in [0.15, 0.2) is 0 Å². The quantitative estimate of drug-likeness (QED) is 0.598. The number of nitrogens with one attached hydrogen (secondary N) is 1. The highest BCUT2D eigenvalue weighted by Crippen LogP contribution is 2.25. The standard InChI is InChI=1S/C16H27N3O2/c1-2-21-16(20)15(17)13-4-3-5-14(13)19-11-8-12-6-9-18-10-7-12/h12,18H,2-11,17H2,1H3/b15-13-,19-14?. The molecule has 1 aliphatic heterocycles. The van der Waals surface area contributed by atoms with E-state index in [9.17, 15) is 4.79 Å². The summed E-state index contributed by atoms with van der Waals surface area (Å²) in [6.07, 6.45) is 6.44. The number of hydrogen-bond donors (Lipinski definition) is 2. The molecule has 0 atom stereocenters. The van der Waals surface area contributed by atoms with Gasteiger partial charge in [-0.25, -0.2) is 4.79 Å². The second-order valence-corrected chi connectivity index (χ2v) is 5.78. The fourth-order valence-electron chi connectivity index (χ4n) is 3.08. The normalized spacial score (nSPS) is 24.3. The Morgan fingerprint density at radius 2 is 2.14 bits per heavy atom. The van der Waals surface area contributed by atoms with Crippen LogP contribution in [0, 0.1) is 5.92 Å². The molecule has 0 aromatic heterocycles. The number of carbonyl (C=O) groups is 1. The molecule has 2 aliphatic rings. The summed E-state index contributed by atoms with van der Waals surface area (Å²) in [5.74, 6) is 0.382. The molecule has 0 unspecified atom stereocenters. The molecule has 1 saturated carbocycles. The van der Waals surface area contributed by atoms with Gasteiger partial charge in [0, 0.05) is 17.8 Å². The molecule has 3 N–H and O–H groups in total. The van der Waals surface area contributed by atoms with Gasteiger partial charge in [0.25, 0.3) is 0 Å². The first kappa shape index (κ1) is 16.0. The number of hydrogen-bond acceptors (Lipinski definition) is 5. The van der Waals surface area contributed by atoms with Crippen molar-refractivity contribution in [1.82, 2.24) is 5.32 Å². The predicted octanol–water partition coefficient (Wildman–Crippen LogP) is 1.78. The summed E-state index contributed by atoms with van der Waals surface area (Å²) in [7, 11) is 0. The molecule has 1 saturated heterocycles. The molecule has 0 spiro atoms. The van der Waals surface area contributed by atoms with Crippen LogP contribution in [0.3, 0.4) is 0 Å². The van der Waals surface area contributed by atoms with E-state index in [0.29, 0.717) is 6.61 Å². The van der Waals surface area contributed by atoms with E-state index >= 15 is 0 Å². The van der Waals surface area contributed by atoms with Crippen molar-refractivity contribution in [2.45, 2.75) is 45.4 Å². The largest absolute Gasteiger partial charge is 0.461 e. The van der Waals surface area contributed by atoms with E-state index in [4.69, 9.17) is 15.5 Å². The number of piperidine rings is 1. The Balaban J connectivity index is 1.92. The van der Waals surface area contributed by atoms with Gasteiger partial charge in [0.05, 0.1) is 6.61 Å². The lowest BCUT2D eigenvalue weighted by Gasteiger charge is -2.21. The predicted molar refractivity (Wildman–Crippen MR) is 84.2 cm³/mol. The Morgan fingerprint density at radius 1 is 1.38 bits per heavy atom. The number of allylic oxidation sites excluding steroid dienone is 1. The average Bonchev–Trinajstić information content (AvgIpc) is 2.96. The molecule has 1 heterocycles. The molecule has 2 fully saturated rings. The minimum Gasteiger partial charge on any atom is -0.461 e. The van der Waals surface area contributed by atoms with Crippen LogP contribution in [0.25, 0.3) is 0 Å². The molecular weight excluding hydrogens is 266 g/mol. The third kappa shape index (κ3) is 4.56. The third-order valence-corrected chi connectivity index (χ3v) is 4.31. The van der Waals surface area contributed by atoms with Crippen LogP contribution in [0.2, 0.25) is 0 Å². The first-order valence-corrected chi connectivity index (χ1v) is 8.12. The van der Waals surface area contributed by atoms with Gasteiger partial charge in [-0.05, 0) is 64.5 Å². The second kappa shape index (κ2) is 8.17. The van der Waals surface area contributed by atoms with E-state index in [1.165, 1.54) is 12.8 Å². The van der Waals surface area contributed by atoms with E-state index in [0.717, 1.165) is 62.5 Å². The Labute approximate surface area is 127 Å². The number of nitrogens with two attached hydrogens (primary N) is 1. The van der Waals surface area contributed by atoms with Gasteiger partial charge in [-0.1, -0.05) is 0 Å². The third-order valence-electron chi connectivity index (χ3n) is 4.31. The summed E-state index contributed by atoms with van der Waals surface area (Å²) in [6, 6.07) is 0. The smallest absolute Gasteiger partial charge is 0.354 e. The minimum absolute atomic E-state index is 0.259. The van der Waals surface area contributed by atoms with Gasteiger partial charge in [0.2, 0.25) is 0 Å². The van der Waals surface area contributed by atoms with Crippen molar-refractivity contribution in [3.05, 3.63) is 11.3 Å². The lowest BCUT2D eigenvalue weighted by Crippen LogP contribution is -2.28. The summed E-state index contributed by atoms with van der Waals surface area (Å²) < 4.78 is 4.98. The Hall–Kier alpha value is -1.36. The van der Waals surface area contributed by atoms with Crippen LogP contribution < -0.4 is 11.1 Å². The fourth-order valence-corrected chi connectivity index (χ4v) is 3.08. The first-order valence-electron chi connectivity index (χ1n) is 8.12. The summed E-state index contributed by atoms with van der Waals surface area (Å²) in [5, 5.41) is 3.38. The van der Waals surface area contributed by atoms with Crippen LogP contribution in [-0.2, 0) is 9.53 Å².